The molecule has 1 aliphatic heterocycles. The molecule has 9 heteroatoms. The number of likely N-dealkylation sites (tertiary alicyclic amines) is 1. The first-order valence-corrected chi connectivity index (χ1v) is 12.1. The number of nitrogens with zero attached hydrogens (tertiary/aromatic N) is 3. The predicted octanol–water partition coefficient (Wildman–Crippen LogP) is 2.69. The van der Waals surface area contributed by atoms with Crippen LogP contribution in [0.5, 0.6) is 0 Å². The number of benzene rings is 1. The van der Waals surface area contributed by atoms with Crippen LogP contribution in [0.1, 0.15) is 36.0 Å². The van der Waals surface area contributed by atoms with Gasteiger partial charge in [0.1, 0.15) is 0 Å². The van der Waals surface area contributed by atoms with E-state index in [9.17, 15) is 14.4 Å². The lowest BCUT2D eigenvalue weighted by Crippen LogP contribution is -2.33. The van der Waals surface area contributed by atoms with Crippen LogP contribution in [-0.2, 0) is 20.9 Å². The van der Waals surface area contributed by atoms with Crippen LogP contribution in [-0.4, -0.2) is 59.0 Å². The van der Waals surface area contributed by atoms with Crippen LogP contribution < -0.4 is 4.80 Å². The Morgan fingerprint density at radius 3 is 2.61 bits per heavy atom. The zero-order valence-electron chi connectivity index (χ0n) is 17.5. The summed E-state index contributed by atoms with van der Waals surface area (Å²) in [6, 6.07) is 5.13. The number of terminal acetylenes is 1. The normalized spacial score (nSPS) is 14.8. The quantitative estimate of drug-likeness (QED) is 0.490. The Bertz CT molecular complexity index is 1070. The molecular formula is C22H25N3O4S2. The van der Waals surface area contributed by atoms with Crippen molar-refractivity contribution in [2.24, 2.45) is 4.99 Å². The van der Waals surface area contributed by atoms with Crippen LogP contribution in [0.4, 0.5) is 0 Å². The van der Waals surface area contributed by atoms with Gasteiger partial charge < -0.3 is 14.2 Å². The number of rotatable bonds is 6. The smallest absolute Gasteiger partial charge is 0.337 e. The average Bonchev–Trinajstić information content (AvgIpc) is 2.94. The molecule has 0 atom stereocenters. The van der Waals surface area contributed by atoms with Crippen LogP contribution in [0, 0.1) is 12.3 Å². The fourth-order valence-corrected chi connectivity index (χ4v) is 5.21. The molecule has 7 nitrogen and oxygen atoms in total. The van der Waals surface area contributed by atoms with E-state index < -0.39 is 5.97 Å². The molecule has 1 aromatic heterocycles. The van der Waals surface area contributed by atoms with Gasteiger partial charge in [0.2, 0.25) is 5.91 Å². The second-order valence-electron chi connectivity index (χ2n) is 7.14. The van der Waals surface area contributed by atoms with Crippen molar-refractivity contribution in [3.8, 4) is 12.3 Å². The van der Waals surface area contributed by atoms with Gasteiger partial charge in [0.25, 0.3) is 5.91 Å². The van der Waals surface area contributed by atoms with Crippen molar-refractivity contribution < 1.29 is 19.1 Å². The van der Waals surface area contributed by atoms with Gasteiger partial charge in [0.15, 0.2) is 4.80 Å². The first-order valence-electron chi connectivity index (χ1n) is 10.1. The Balaban J connectivity index is 1.70. The van der Waals surface area contributed by atoms with Gasteiger partial charge in [-0.15, -0.1) is 18.2 Å². The molecule has 1 saturated heterocycles. The summed E-state index contributed by atoms with van der Waals surface area (Å²) in [7, 11) is 1.33. The molecule has 0 unspecified atom stereocenters. The minimum absolute atomic E-state index is 0.0827. The second kappa shape index (κ2) is 11.2. The molecule has 1 aliphatic rings. The van der Waals surface area contributed by atoms with Gasteiger partial charge in [-0.2, -0.15) is 4.99 Å². The number of esters is 1. The van der Waals surface area contributed by atoms with E-state index in [2.05, 4.69) is 10.9 Å². The lowest BCUT2D eigenvalue weighted by Gasteiger charge is -2.19. The molecule has 2 amide bonds. The Morgan fingerprint density at radius 2 is 1.94 bits per heavy atom. The number of methoxy groups -OCH3 is 1. The second-order valence-corrected chi connectivity index (χ2v) is 9.14. The fourth-order valence-electron chi connectivity index (χ4n) is 3.42. The number of amides is 2. The third-order valence-corrected chi connectivity index (χ3v) is 6.93. The molecule has 2 heterocycles. The largest absolute Gasteiger partial charge is 0.465 e. The fraction of sp³-hybridized carbons (Fsp3) is 0.455. The molecular weight excluding hydrogens is 434 g/mol. The van der Waals surface area contributed by atoms with Crippen molar-refractivity contribution in [2.75, 3.05) is 31.7 Å². The SMILES string of the molecule is C#CCn1c(=NC(=O)CSCC(=O)N2CCCCCC2)sc2cc(C(=O)OC)ccc21. The van der Waals surface area contributed by atoms with E-state index in [1.54, 1.807) is 22.8 Å². The summed E-state index contributed by atoms with van der Waals surface area (Å²) in [6.45, 7) is 1.86. The number of hydrogen-bond acceptors (Lipinski definition) is 6. The third-order valence-electron chi connectivity index (χ3n) is 4.98. The number of carbonyl (C=O) groups excluding carboxylic acids is 3. The van der Waals surface area contributed by atoms with Gasteiger partial charge in [0.05, 0.1) is 40.9 Å². The van der Waals surface area contributed by atoms with Crippen LogP contribution in [0.3, 0.4) is 0 Å². The minimum atomic E-state index is -0.432. The Kier molecular flexibility index (Phi) is 8.32. The van der Waals surface area contributed by atoms with Gasteiger partial charge >= 0.3 is 5.97 Å². The van der Waals surface area contributed by atoms with E-state index in [0.29, 0.717) is 10.4 Å². The van der Waals surface area contributed by atoms with Crippen molar-refractivity contribution in [3.63, 3.8) is 0 Å². The molecule has 0 N–H and O–H groups in total. The topological polar surface area (TPSA) is 81.0 Å². The van der Waals surface area contributed by atoms with E-state index in [1.165, 1.54) is 43.1 Å². The molecule has 0 spiro atoms. The Morgan fingerprint density at radius 1 is 1.19 bits per heavy atom. The third kappa shape index (κ3) is 5.99. The number of fused-ring (bicyclic) bond motifs is 1. The summed E-state index contributed by atoms with van der Waals surface area (Å²) in [5.74, 6) is 2.31. The molecule has 164 valence electrons. The number of aromatic nitrogens is 1. The summed E-state index contributed by atoms with van der Waals surface area (Å²) < 4.78 is 7.32. The Hall–Kier alpha value is -2.57. The molecule has 0 radical (unpaired) electrons. The minimum Gasteiger partial charge on any atom is -0.465 e. The van der Waals surface area contributed by atoms with Crippen molar-refractivity contribution in [1.82, 2.24) is 9.47 Å². The van der Waals surface area contributed by atoms with E-state index in [4.69, 9.17) is 11.2 Å². The highest BCUT2D eigenvalue weighted by Crippen LogP contribution is 2.20. The maximum absolute atomic E-state index is 12.4. The average molecular weight is 460 g/mol. The lowest BCUT2D eigenvalue weighted by atomic mass is 10.2. The standard InChI is InChI=1S/C22H25N3O4S2/c1-3-10-25-17-9-8-16(21(28)29-2)13-18(17)31-22(25)23-19(26)14-30-15-20(27)24-11-6-4-5-7-12-24/h1,8-9,13H,4-7,10-12,14-15H2,2H3. The van der Waals surface area contributed by atoms with E-state index in [1.807, 2.05) is 4.90 Å². The molecule has 2 aromatic rings. The predicted molar refractivity (Wildman–Crippen MR) is 123 cm³/mol. The molecule has 1 aromatic carbocycles. The highest BCUT2D eigenvalue weighted by molar-refractivity contribution is 8.00. The van der Waals surface area contributed by atoms with Gasteiger partial charge in [-0.1, -0.05) is 30.1 Å². The molecule has 31 heavy (non-hydrogen) atoms. The van der Waals surface area contributed by atoms with Gasteiger partial charge in [0, 0.05) is 13.1 Å². The van der Waals surface area contributed by atoms with Crippen molar-refractivity contribution in [3.05, 3.63) is 28.6 Å². The van der Waals surface area contributed by atoms with E-state index >= 15 is 0 Å². The van der Waals surface area contributed by atoms with Crippen molar-refractivity contribution >= 4 is 51.1 Å². The first kappa shape index (κ1) is 23.1. The maximum Gasteiger partial charge on any atom is 0.337 e. The Labute approximate surface area is 189 Å². The lowest BCUT2D eigenvalue weighted by molar-refractivity contribution is -0.128. The molecule has 3 rings (SSSR count). The number of hydrogen-bond donors (Lipinski definition) is 0. The van der Waals surface area contributed by atoms with E-state index in [0.717, 1.165) is 36.1 Å². The molecule has 0 bridgehead atoms. The summed E-state index contributed by atoms with van der Waals surface area (Å²) in [4.78, 5) is 43.2. The van der Waals surface area contributed by atoms with Gasteiger partial charge in [-0.05, 0) is 31.0 Å². The monoisotopic (exact) mass is 459 g/mol. The van der Waals surface area contributed by atoms with Crippen LogP contribution in [0.25, 0.3) is 10.2 Å². The van der Waals surface area contributed by atoms with Gasteiger partial charge in [-0.25, -0.2) is 4.79 Å². The van der Waals surface area contributed by atoms with Crippen LogP contribution in [0.15, 0.2) is 23.2 Å². The summed E-state index contributed by atoms with van der Waals surface area (Å²) in [6.07, 6.45) is 9.92. The number of carbonyl (C=O) groups is 3. The van der Waals surface area contributed by atoms with Crippen LogP contribution in [0.2, 0.25) is 0 Å². The first-order chi connectivity index (χ1) is 15.0. The maximum atomic E-state index is 12.4. The van der Waals surface area contributed by atoms with Gasteiger partial charge in [-0.3, -0.25) is 9.59 Å². The molecule has 1 fully saturated rings. The number of thioether (sulfide) groups is 1. The van der Waals surface area contributed by atoms with E-state index in [-0.39, 0.29) is 29.9 Å². The number of ether oxygens (including phenoxy) is 1. The highest BCUT2D eigenvalue weighted by atomic mass is 32.2. The summed E-state index contributed by atoms with van der Waals surface area (Å²) >= 11 is 2.57. The number of thiazole rings is 1. The highest BCUT2D eigenvalue weighted by Gasteiger charge is 2.16. The summed E-state index contributed by atoms with van der Waals surface area (Å²) in [5, 5.41) is 0. The molecule has 0 saturated carbocycles. The van der Waals surface area contributed by atoms with Crippen LogP contribution >= 0.6 is 23.1 Å². The molecule has 0 aliphatic carbocycles. The zero-order chi connectivity index (χ0) is 22.2. The zero-order valence-corrected chi connectivity index (χ0v) is 19.1. The van der Waals surface area contributed by atoms with Crippen molar-refractivity contribution in [1.29, 1.82) is 0 Å². The van der Waals surface area contributed by atoms with Crippen molar-refractivity contribution in [2.45, 2.75) is 32.2 Å². The summed E-state index contributed by atoms with van der Waals surface area (Å²) in [5.41, 5.74) is 1.22.